The van der Waals surface area contributed by atoms with Crippen LogP contribution in [0.3, 0.4) is 0 Å². The van der Waals surface area contributed by atoms with Gasteiger partial charge in [-0.15, -0.1) is 0 Å². The van der Waals surface area contributed by atoms with Crippen molar-refractivity contribution < 1.29 is 22.7 Å². The molecule has 0 aliphatic heterocycles. The molecule has 2 aromatic carbocycles. The van der Waals surface area contributed by atoms with Gasteiger partial charge in [0.1, 0.15) is 5.75 Å². The number of rotatable bonds is 4. The van der Waals surface area contributed by atoms with E-state index in [4.69, 9.17) is 4.74 Å². The van der Waals surface area contributed by atoms with Crippen molar-refractivity contribution >= 4 is 16.7 Å². The number of ketones is 1. The van der Waals surface area contributed by atoms with Gasteiger partial charge in [0.05, 0.1) is 30.9 Å². The molecule has 3 rings (SSSR count). The highest BCUT2D eigenvalue weighted by atomic mass is 19.4. The zero-order valence-corrected chi connectivity index (χ0v) is 13.6. The van der Waals surface area contributed by atoms with Crippen LogP contribution in [0, 0.1) is 0 Å². The Morgan fingerprint density at radius 3 is 2.60 bits per heavy atom. The van der Waals surface area contributed by atoms with Gasteiger partial charge in [-0.2, -0.15) is 18.3 Å². The number of benzene rings is 2. The first-order valence-electron chi connectivity index (χ1n) is 7.50. The molecule has 0 radical (unpaired) electrons. The van der Waals surface area contributed by atoms with Crippen LogP contribution >= 0.6 is 0 Å². The fraction of sp³-hybridized carbons (Fsp3) is 0.222. The lowest BCUT2D eigenvalue weighted by Crippen LogP contribution is -2.09. The van der Waals surface area contributed by atoms with E-state index in [-0.39, 0.29) is 12.3 Å². The molecule has 3 aromatic rings. The Labute approximate surface area is 141 Å². The van der Waals surface area contributed by atoms with E-state index in [1.165, 1.54) is 20.1 Å². The van der Waals surface area contributed by atoms with Crippen molar-refractivity contribution in [2.24, 2.45) is 0 Å². The van der Waals surface area contributed by atoms with Crippen molar-refractivity contribution in [2.45, 2.75) is 19.6 Å². The van der Waals surface area contributed by atoms with Gasteiger partial charge in [0.2, 0.25) is 0 Å². The summed E-state index contributed by atoms with van der Waals surface area (Å²) in [5.74, 6) is 0.297. The van der Waals surface area contributed by atoms with Crippen LogP contribution in [0.2, 0.25) is 0 Å². The zero-order valence-electron chi connectivity index (χ0n) is 13.6. The lowest BCUT2D eigenvalue weighted by molar-refractivity contribution is -0.137. The Kier molecular flexibility index (Phi) is 4.24. The summed E-state index contributed by atoms with van der Waals surface area (Å²) >= 11 is 0. The maximum absolute atomic E-state index is 13.0. The van der Waals surface area contributed by atoms with Crippen molar-refractivity contribution in [3.05, 3.63) is 59.3 Å². The summed E-state index contributed by atoms with van der Waals surface area (Å²) in [7, 11) is 1.41. The Balaban J connectivity index is 2.02. The molecule has 0 unspecified atom stereocenters. The van der Waals surface area contributed by atoms with E-state index in [2.05, 4.69) is 5.10 Å². The third kappa shape index (κ3) is 3.35. The van der Waals surface area contributed by atoms with Crippen molar-refractivity contribution in [3.8, 4) is 5.75 Å². The second kappa shape index (κ2) is 6.23. The van der Waals surface area contributed by atoms with Crippen LogP contribution in [0.25, 0.3) is 10.9 Å². The molecule has 0 aliphatic carbocycles. The Hall–Kier alpha value is -2.83. The fourth-order valence-corrected chi connectivity index (χ4v) is 2.67. The highest BCUT2D eigenvalue weighted by molar-refractivity contribution is 5.97. The maximum atomic E-state index is 13.0. The van der Waals surface area contributed by atoms with Crippen LogP contribution in [0.4, 0.5) is 13.2 Å². The second-order valence-corrected chi connectivity index (χ2v) is 5.66. The van der Waals surface area contributed by atoms with Crippen LogP contribution in [0.1, 0.15) is 28.4 Å². The van der Waals surface area contributed by atoms with E-state index in [1.807, 2.05) is 0 Å². The van der Waals surface area contributed by atoms with Gasteiger partial charge in [0.15, 0.2) is 5.78 Å². The van der Waals surface area contributed by atoms with Crippen LogP contribution in [0.5, 0.6) is 5.75 Å². The van der Waals surface area contributed by atoms with Crippen LogP contribution < -0.4 is 4.74 Å². The van der Waals surface area contributed by atoms with Gasteiger partial charge in [0, 0.05) is 16.5 Å². The molecular formula is C18H15F3N2O2. The van der Waals surface area contributed by atoms with Gasteiger partial charge in [-0.05, 0) is 43.3 Å². The molecular weight excluding hydrogens is 333 g/mol. The molecule has 0 atom stereocenters. The molecule has 0 aliphatic rings. The minimum Gasteiger partial charge on any atom is -0.496 e. The average Bonchev–Trinajstić information content (AvgIpc) is 2.96. The molecule has 0 spiro atoms. The first-order valence-corrected chi connectivity index (χ1v) is 7.50. The van der Waals surface area contributed by atoms with E-state index in [1.54, 1.807) is 29.1 Å². The Morgan fingerprint density at radius 2 is 1.96 bits per heavy atom. The zero-order chi connectivity index (χ0) is 18.2. The van der Waals surface area contributed by atoms with Crippen LogP contribution in [-0.4, -0.2) is 22.7 Å². The van der Waals surface area contributed by atoms with Crippen LogP contribution in [0.15, 0.2) is 42.6 Å². The van der Waals surface area contributed by atoms with E-state index in [0.29, 0.717) is 16.9 Å². The van der Waals surface area contributed by atoms with Gasteiger partial charge in [-0.3, -0.25) is 9.48 Å². The summed E-state index contributed by atoms with van der Waals surface area (Å²) in [6.45, 7) is 1.59. The number of carbonyl (C=O) groups is 1. The first kappa shape index (κ1) is 17.0. The smallest absolute Gasteiger partial charge is 0.416 e. The third-order valence-electron chi connectivity index (χ3n) is 3.98. The minimum absolute atomic E-state index is 0.0609. The summed E-state index contributed by atoms with van der Waals surface area (Å²) < 4.78 is 45.6. The molecule has 25 heavy (non-hydrogen) atoms. The molecule has 0 N–H and O–H groups in total. The lowest BCUT2D eigenvalue weighted by atomic mass is 10.1. The highest BCUT2D eigenvalue weighted by Gasteiger charge is 2.31. The molecule has 1 heterocycles. The van der Waals surface area contributed by atoms with Crippen molar-refractivity contribution in [2.75, 3.05) is 7.11 Å². The van der Waals surface area contributed by atoms with E-state index in [9.17, 15) is 18.0 Å². The topological polar surface area (TPSA) is 44.1 Å². The second-order valence-electron chi connectivity index (χ2n) is 5.66. The predicted molar refractivity (Wildman–Crippen MR) is 86.8 cm³/mol. The standard InChI is InChI=1S/C18H15F3N2O2/c1-11(24)12-3-5-16-13(7-12)9-22-23(16)10-14-8-15(18(19,20)21)4-6-17(14)25-2/h3-9H,10H2,1-2H3. The number of hydrogen-bond acceptors (Lipinski definition) is 3. The van der Waals surface area contributed by atoms with Crippen LogP contribution in [-0.2, 0) is 12.7 Å². The molecule has 0 amide bonds. The monoisotopic (exact) mass is 348 g/mol. The van der Waals surface area contributed by atoms with Crippen molar-refractivity contribution in [3.63, 3.8) is 0 Å². The number of methoxy groups -OCH3 is 1. The largest absolute Gasteiger partial charge is 0.496 e. The molecule has 7 heteroatoms. The number of fused-ring (bicyclic) bond motifs is 1. The van der Waals surface area contributed by atoms with Gasteiger partial charge in [0.25, 0.3) is 0 Å². The molecule has 4 nitrogen and oxygen atoms in total. The van der Waals surface area contributed by atoms with Gasteiger partial charge >= 0.3 is 6.18 Å². The minimum atomic E-state index is -4.43. The molecule has 130 valence electrons. The number of aromatic nitrogens is 2. The third-order valence-corrected chi connectivity index (χ3v) is 3.98. The summed E-state index contributed by atoms with van der Waals surface area (Å²) in [5.41, 5.74) is 0.921. The molecule has 0 saturated heterocycles. The Morgan fingerprint density at radius 1 is 1.20 bits per heavy atom. The van der Waals surface area contributed by atoms with Crippen molar-refractivity contribution in [1.82, 2.24) is 9.78 Å². The number of nitrogens with zero attached hydrogens (tertiary/aromatic N) is 2. The Bertz CT molecular complexity index is 945. The molecule has 0 saturated carbocycles. The molecule has 0 bridgehead atoms. The number of hydrogen-bond donors (Lipinski definition) is 0. The maximum Gasteiger partial charge on any atom is 0.416 e. The number of halogens is 3. The van der Waals surface area contributed by atoms with Gasteiger partial charge in [-0.1, -0.05) is 0 Å². The van der Waals surface area contributed by atoms with E-state index < -0.39 is 11.7 Å². The number of Topliss-reactive ketones (excluding diaryl/α,β-unsaturated/α-hetero) is 1. The number of alkyl halides is 3. The summed E-state index contributed by atoms with van der Waals surface area (Å²) in [6, 6.07) is 8.48. The number of ether oxygens (including phenoxy) is 1. The predicted octanol–water partition coefficient (Wildman–Crippen LogP) is 4.31. The van der Waals surface area contributed by atoms with Gasteiger partial charge < -0.3 is 4.74 Å². The first-order chi connectivity index (χ1) is 11.8. The lowest BCUT2D eigenvalue weighted by Gasteiger charge is -2.13. The van der Waals surface area contributed by atoms with Crippen molar-refractivity contribution in [1.29, 1.82) is 0 Å². The summed E-state index contributed by atoms with van der Waals surface area (Å²) in [5, 5.41) is 4.98. The quantitative estimate of drug-likeness (QED) is 0.660. The molecule has 0 fully saturated rings. The highest BCUT2D eigenvalue weighted by Crippen LogP contribution is 2.33. The summed E-state index contributed by atoms with van der Waals surface area (Å²) in [4.78, 5) is 11.5. The SMILES string of the molecule is COc1ccc(C(F)(F)F)cc1Cn1ncc2cc(C(C)=O)ccc21. The number of carbonyl (C=O) groups excluding carboxylic acids is 1. The van der Waals surface area contributed by atoms with E-state index >= 15 is 0 Å². The summed E-state index contributed by atoms with van der Waals surface area (Å²) in [6.07, 6.45) is -2.84. The van der Waals surface area contributed by atoms with Gasteiger partial charge in [-0.25, -0.2) is 0 Å². The fourth-order valence-electron chi connectivity index (χ4n) is 2.67. The average molecular weight is 348 g/mol. The normalized spacial score (nSPS) is 11.7. The van der Waals surface area contributed by atoms with E-state index in [0.717, 1.165) is 23.0 Å². The molecule has 1 aromatic heterocycles.